The Kier molecular flexibility index (Phi) is 7.38. The quantitative estimate of drug-likeness (QED) is 0.509. The number of anilines is 1. The molecule has 0 aliphatic carbocycles. The first kappa shape index (κ1) is 22.0. The van der Waals surface area contributed by atoms with Crippen LogP contribution >= 0.6 is 0 Å². The van der Waals surface area contributed by atoms with E-state index in [1.807, 2.05) is 54.6 Å². The van der Waals surface area contributed by atoms with Crippen molar-refractivity contribution in [3.63, 3.8) is 0 Å². The third-order valence-corrected chi connectivity index (χ3v) is 4.96. The van der Waals surface area contributed by atoms with Gasteiger partial charge in [-0.3, -0.25) is 4.79 Å². The van der Waals surface area contributed by atoms with Crippen LogP contribution in [0.15, 0.2) is 66.7 Å². The molecule has 0 aliphatic rings. The molecule has 0 heterocycles. The van der Waals surface area contributed by atoms with Crippen molar-refractivity contribution < 1.29 is 23.7 Å². The molecule has 0 bridgehead atoms. The maximum absolute atomic E-state index is 13.4. The van der Waals surface area contributed by atoms with Gasteiger partial charge < -0.3 is 23.8 Å². The van der Waals surface area contributed by atoms with Crippen molar-refractivity contribution in [3.8, 4) is 23.0 Å². The lowest BCUT2D eigenvalue weighted by Gasteiger charge is -2.25. The van der Waals surface area contributed by atoms with Crippen LogP contribution in [0.4, 0.5) is 5.69 Å². The molecule has 3 rings (SSSR count). The average molecular weight is 421 g/mol. The summed E-state index contributed by atoms with van der Waals surface area (Å²) in [6.45, 7) is 0.383. The molecule has 0 saturated carbocycles. The standard InChI is InChI=1S/C25H27NO5/c1-28-21-12-10-19(11-13-21)17-26(24(27)14-18-8-6-5-7-9-18)20-15-22(29-2)25(31-4)23(16-20)30-3/h5-13,15-16H,14,17H2,1-4H3. The van der Waals surface area contributed by atoms with Gasteiger partial charge in [0.15, 0.2) is 11.5 Å². The molecule has 31 heavy (non-hydrogen) atoms. The van der Waals surface area contributed by atoms with Crippen LogP contribution in [-0.2, 0) is 17.8 Å². The molecule has 0 aromatic heterocycles. The lowest BCUT2D eigenvalue weighted by Crippen LogP contribution is -2.31. The van der Waals surface area contributed by atoms with Gasteiger partial charge in [0.25, 0.3) is 0 Å². The number of rotatable bonds is 9. The Bertz CT molecular complexity index is 977. The molecule has 0 saturated heterocycles. The van der Waals surface area contributed by atoms with Crippen molar-refractivity contribution in [2.24, 2.45) is 0 Å². The number of amides is 1. The fourth-order valence-corrected chi connectivity index (χ4v) is 3.33. The molecule has 0 aliphatic heterocycles. The van der Waals surface area contributed by atoms with Gasteiger partial charge in [0.05, 0.1) is 47.1 Å². The molecule has 0 radical (unpaired) electrons. The van der Waals surface area contributed by atoms with E-state index in [9.17, 15) is 4.79 Å². The van der Waals surface area contributed by atoms with E-state index in [-0.39, 0.29) is 12.3 Å². The zero-order chi connectivity index (χ0) is 22.2. The summed E-state index contributed by atoms with van der Waals surface area (Å²) < 4.78 is 21.6. The summed E-state index contributed by atoms with van der Waals surface area (Å²) in [6.07, 6.45) is 0.271. The zero-order valence-corrected chi connectivity index (χ0v) is 18.3. The highest BCUT2D eigenvalue weighted by molar-refractivity contribution is 5.95. The van der Waals surface area contributed by atoms with Crippen LogP contribution in [0, 0.1) is 0 Å². The number of hydrogen-bond acceptors (Lipinski definition) is 5. The van der Waals surface area contributed by atoms with Crippen molar-refractivity contribution in [2.75, 3.05) is 33.3 Å². The highest BCUT2D eigenvalue weighted by Crippen LogP contribution is 2.41. The number of ether oxygens (including phenoxy) is 4. The molecule has 6 nitrogen and oxygen atoms in total. The van der Waals surface area contributed by atoms with Crippen LogP contribution < -0.4 is 23.8 Å². The summed E-state index contributed by atoms with van der Waals surface area (Å²) in [6, 6.07) is 20.9. The molecule has 1 amide bonds. The summed E-state index contributed by atoms with van der Waals surface area (Å²) in [7, 11) is 6.29. The minimum Gasteiger partial charge on any atom is -0.497 e. The van der Waals surface area contributed by atoms with Gasteiger partial charge in [-0.05, 0) is 23.3 Å². The van der Waals surface area contributed by atoms with Crippen molar-refractivity contribution >= 4 is 11.6 Å². The summed E-state index contributed by atoms with van der Waals surface area (Å²) >= 11 is 0. The number of hydrogen-bond donors (Lipinski definition) is 0. The van der Waals surface area contributed by atoms with Gasteiger partial charge in [-0.1, -0.05) is 42.5 Å². The first-order chi connectivity index (χ1) is 15.1. The second-order valence-corrected chi connectivity index (χ2v) is 6.87. The minimum absolute atomic E-state index is 0.0451. The zero-order valence-electron chi connectivity index (χ0n) is 18.3. The first-order valence-corrected chi connectivity index (χ1v) is 9.86. The van der Waals surface area contributed by atoms with Crippen molar-refractivity contribution in [1.82, 2.24) is 0 Å². The Morgan fingerprint density at radius 3 is 1.87 bits per heavy atom. The monoisotopic (exact) mass is 421 g/mol. The summed E-state index contributed by atoms with van der Waals surface area (Å²) in [4.78, 5) is 15.1. The maximum atomic E-state index is 13.4. The summed E-state index contributed by atoms with van der Waals surface area (Å²) in [5.74, 6) is 2.18. The molecular weight excluding hydrogens is 394 g/mol. The van der Waals surface area contributed by atoms with Gasteiger partial charge in [-0.25, -0.2) is 0 Å². The largest absolute Gasteiger partial charge is 0.497 e. The number of nitrogens with zero attached hydrogens (tertiary/aromatic N) is 1. The highest BCUT2D eigenvalue weighted by Gasteiger charge is 2.22. The van der Waals surface area contributed by atoms with Crippen LogP contribution in [0.1, 0.15) is 11.1 Å². The Hall–Kier alpha value is -3.67. The fourth-order valence-electron chi connectivity index (χ4n) is 3.33. The topological polar surface area (TPSA) is 57.2 Å². The van der Waals surface area contributed by atoms with E-state index in [2.05, 4.69) is 0 Å². The SMILES string of the molecule is COc1ccc(CN(C(=O)Cc2ccccc2)c2cc(OC)c(OC)c(OC)c2)cc1. The second-order valence-electron chi connectivity index (χ2n) is 6.87. The molecule has 0 atom stereocenters. The maximum Gasteiger partial charge on any atom is 0.231 e. The summed E-state index contributed by atoms with van der Waals surface area (Å²) in [5, 5.41) is 0. The van der Waals surface area contributed by atoms with E-state index < -0.39 is 0 Å². The highest BCUT2D eigenvalue weighted by atomic mass is 16.5. The van der Waals surface area contributed by atoms with Gasteiger partial charge in [0.2, 0.25) is 11.7 Å². The minimum atomic E-state index is -0.0451. The molecule has 6 heteroatoms. The van der Waals surface area contributed by atoms with Crippen molar-refractivity contribution in [2.45, 2.75) is 13.0 Å². The molecule has 0 spiro atoms. The lowest BCUT2D eigenvalue weighted by atomic mass is 10.1. The lowest BCUT2D eigenvalue weighted by molar-refractivity contribution is -0.118. The van der Waals surface area contributed by atoms with Crippen LogP contribution in [0.2, 0.25) is 0 Å². The van der Waals surface area contributed by atoms with E-state index in [0.717, 1.165) is 16.9 Å². The average Bonchev–Trinajstić information content (AvgIpc) is 2.82. The third-order valence-electron chi connectivity index (χ3n) is 4.96. The van der Waals surface area contributed by atoms with Gasteiger partial charge in [0.1, 0.15) is 5.75 Å². The van der Waals surface area contributed by atoms with E-state index in [0.29, 0.717) is 29.5 Å². The third kappa shape index (κ3) is 5.28. The van der Waals surface area contributed by atoms with Crippen LogP contribution in [-0.4, -0.2) is 34.3 Å². The normalized spacial score (nSPS) is 10.3. The molecule has 0 unspecified atom stereocenters. The van der Waals surface area contributed by atoms with Crippen LogP contribution in [0.3, 0.4) is 0 Å². The van der Waals surface area contributed by atoms with Gasteiger partial charge >= 0.3 is 0 Å². The summed E-state index contributed by atoms with van der Waals surface area (Å²) in [5.41, 5.74) is 2.57. The number of benzene rings is 3. The van der Waals surface area contributed by atoms with E-state index in [1.165, 1.54) is 0 Å². The van der Waals surface area contributed by atoms with Crippen LogP contribution in [0.5, 0.6) is 23.0 Å². The van der Waals surface area contributed by atoms with Crippen LogP contribution in [0.25, 0.3) is 0 Å². The molecule has 162 valence electrons. The molecule has 3 aromatic carbocycles. The van der Waals surface area contributed by atoms with Crippen molar-refractivity contribution in [1.29, 1.82) is 0 Å². The Labute approximate surface area is 182 Å². The van der Waals surface area contributed by atoms with Gasteiger partial charge in [0, 0.05) is 12.1 Å². The smallest absolute Gasteiger partial charge is 0.231 e. The predicted octanol–water partition coefficient (Wildman–Crippen LogP) is 4.50. The van der Waals surface area contributed by atoms with Crippen molar-refractivity contribution in [3.05, 3.63) is 77.9 Å². The van der Waals surface area contributed by atoms with Gasteiger partial charge in [-0.15, -0.1) is 0 Å². The molecule has 0 N–H and O–H groups in total. The van der Waals surface area contributed by atoms with E-state index >= 15 is 0 Å². The molecule has 3 aromatic rings. The Morgan fingerprint density at radius 2 is 1.35 bits per heavy atom. The number of methoxy groups -OCH3 is 4. The first-order valence-electron chi connectivity index (χ1n) is 9.86. The molecule has 0 fully saturated rings. The molecular formula is C25H27NO5. The Morgan fingerprint density at radius 1 is 0.742 bits per heavy atom. The Balaban J connectivity index is 2.00. The van der Waals surface area contributed by atoms with E-state index in [4.69, 9.17) is 18.9 Å². The predicted molar refractivity (Wildman–Crippen MR) is 120 cm³/mol. The number of carbonyl (C=O) groups excluding carboxylic acids is 1. The second kappa shape index (κ2) is 10.4. The fraction of sp³-hybridized carbons (Fsp3) is 0.240. The number of carbonyl (C=O) groups is 1. The van der Waals surface area contributed by atoms with E-state index in [1.54, 1.807) is 45.5 Å². The van der Waals surface area contributed by atoms with Gasteiger partial charge in [-0.2, -0.15) is 0 Å².